The van der Waals surface area contributed by atoms with Crippen LogP contribution in [-0.2, 0) is 4.79 Å². The van der Waals surface area contributed by atoms with Gasteiger partial charge in [0.1, 0.15) is 4.99 Å². The Morgan fingerprint density at radius 1 is 1.31 bits per heavy atom. The molecule has 16 heavy (non-hydrogen) atoms. The molecule has 2 rings (SSSR count). The summed E-state index contributed by atoms with van der Waals surface area (Å²) in [6.07, 6.45) is 0. The Balaban J connectivity index is 2.28. The molecule has 0 saturated carbocycles. The van der Waals surface area contributed by atoms with Crippen LogP contribution >= 0.6 is 12.2 Å². The zero-order chi connectivity index (χ0) is 11.7. The van der Waals surface area contributed by atoms with E-state index >= 15 is 0 Å². The minimum atomic E-state index is -0.199. The lowest BCUT2D eigenvalue weighted by atomic mass is 9.96. The molecule has 4 heteroatoms. The summed E-state index contributed by atoms with van der Waals surface area (Å²) in [5.41, 5.74) is 3.71. The van der Waals surface area contributed by atoms with Crippen molar-refractivity contribution in [3.63, 3.8) is 0 Å². The molecule has 1 aliphatic rings. The molecule has 0 spiro atoms. The number of para-hydroxylation sites is 1. The van der Waals surface area contributed by atoms with Gasteiger partial charge < -0.3 is 0 Å². The van der Waals surface area contributed by atoms with Crippen molar-refractivity contribution in [2.45, 2.75) is 13.8 Å². The van der Waals surface area contributed by atoms with Crippen LogP contribution in [0.1, 0.15) is 13.8 Å². The first kappa shape index (κ1) is 11.1. The Bertz CT molecular complexity index is 416. The van der Waals surface area contributed by atoms with E-state index in [4.69, 9.17) is 12.2 Å². The molecule has 1 aliphatic heterocycles. The first-order valence-electron chi connectivity index (χ1n) is 5.31. The summed E-state index contributed by atoms with van der Waals surface area (Å²) in [5, 5.41) is 1.70. The second-order valence-electron chi connectivity index (χ2n) is 4.21. The first-order valence-corrected chi connectivity index (χ1v) is 5.71. The summed E-state index contributed by atoms with van der Waals surface area (Å²) in [5.74, 6) is 0.0141. The second-order valence-corrected chi connectivity index (χ2v) is 4.63. The van der Waals surface area contributed by atoms with Gasteiger partial charge in [-0.1, -0.05) is 44.3 Å². The number of carbonyl (C=O) groups is 1. The maximum Gasteiger partial charge on any atom is 0.249 e. The van der Waals surface area contributed by atoms with Crippen molar-refractivity contribution in [2.24, 2.45) is 11.8 Å². The molecule has 1 saturated heterocycles. The molecule has 1 aromatic carbocycles. The summed E-state index contributed by atoms with van der Waals surface area (Å²) >= 11 is 5.34. The second kappa shape index (κ2) is 4.22. The molecule has 0 aromatic heterocycles. The molecule has 1 fully saturated rings. The van der Waals surface area contributed by atoms with Crippen LogP contribution in [0.15, 0.2) is 30.3 Å². The van der Waals surface area contributed by atoms with Crippen LogP contribution in [0.4, 0.5) is 5.69 Å². The number of thiocarbonyl (C=S) groups is 1. The smallest absolute Gasteiger partial charge is 0.249 e. The number of nitrogens with one attached hydrogen (secondary N) is 1. The molecule has 1 amide bonds. The fourth-order valence-electron chi connectivity index (χ4n) is 1.84. The standard InChI is InChI=1S/C12H14N2OS/c1-8(2)10-11(15)13-14(12(10)16)9-6-4-3-5-7-9/h3-8,10H,1-2H3,(H,13,15). The Labute approximate surface area is 100 Å². The number of nitrogens with zero attached hydrogens (tertiary/aromatic N) is 1. The van der Waals surface area contributed by atoms with Gasteiger partial charge in [0.15, 0.2) is 0 Å². The van der Waals surface area contributed by atoms with Gasteiger partial charge in [0, 0.05) is 0 Å². The third-order valence-electron chi connectivity index (χ3n) is 2.67. The third kappa shape index (κ3) is 1.80. The fraction of sp³-hybridized carbons (Fsp3) is 0.333. The average Bonchev–Trinajstić information content (AvgIpc) is 2.55. The molecule has 1 N–H and O–H groups in total. The number of carbonyl (C=O) groups excluding carboxylic acids is 1. The Morgan fingerprint density at radius 2 is 1.94 bits per heavy atom. The SMILES string of the molecule is CC(C)C1C(=O)NN(c2ccccc2)C1=S. The number of hydrogen-bond donors (Lipinski definition) is 1. The van der Waals surface area contributed by atoms with Gasteiger partial charge in [-0.25, -0.2) is 5.01 Å². The lowest BCUT2D eigenvalue weighted by Gasteiger charge is -2.18. The maximum absolute atomic E-state index is 11.8. The molecule has 1 heterocycles. The third-order valence-corrected chi connectivity index (χ3v) is 3.11. The molecule has 84 valence electrons. The van der Waals surface area contributed by atoms with Crippen LogP contribution in [0.5, 0.6) is 0 Å². The average molecular weight is 234 g/mol. The van der Waals surface area contributed by atoms with Crippen LogP contribution in [-0.4, -0.2) is 10.9 Å². The lowest BCUT2D eigenvalue weighted by molar-refractivity contribution is -0.122. The van der Waals surface area contributed by atoms with Crippen LogP contribution in [0.25, 0.3) is 0 Å². The highest BCUT2D eigenvalue weighted by Gasteiger charge is 2.38. The normalized spacial score (nSPS) is 20.4. The van der Waals surface area contributed by atoms with Gasteiger partial charge in [0.25, 0.3) is 0 Å². The summed E-state index contributed by atoms with van der Waals surface area (Å²) < 4.78 is 0. The molecule has 3 nitrogen and oxygen atoms in total. The Kier molecular flexibility index (Phi) is 2.92. The van der Waals surface area contributed by atoms with Crippen molar-refractivity contribution >= 4 is 28.8 Å². The first-order chi connectivity index (χ1) is 7.61. The number of anilines is 1. The van der Waals surface area contributed by atoms with Gasteiger partial charge in [0.2, 0.25) is 5.91 Å². The summed E-state index contributed by atoms with van der Waals surface area (Å²) in [6.45, 7) is 4.01. The largest absolute Gasteiger partial charge is 0.272 e. The lowest BCUT2D eigenvalue weighted by Crippen LogP contribution is -2.34. The minimum absolute atomic E-state index is 0.0103. The van der Waals surface area contributed by atoms with Crippen molar-refractivity contribution < 1.29 is 4.79 Å². The highest BCUT2D eigenvalue weighted by atomic mass is 32.1. The highest BCUT2D eigenvalue weighted by Crippen LogP contribution is 2.25. The number of amides is 1. The Morgan fingerprint density at radius 3 is 2.44 bits per heavy atom. The molecule has 0 aliphatic carbocycles. The van der Waals surface area contributed by atoms with Crippen LogP contribution in [0.3, 0.4) is 0 Å². The maximum atomic E-state index is 11.8. The van der Waals surface area contributed by atoms with E-state index in [2.05, 4.69) is 5.43 Å². The summed E-state index contributed by atoms with van der Waals surface area (Å²) in [7, 11) is 0. The van der Waals surface area contributed by atoms with Gasteiger partial charge in [-0.05, 0) is 18.1 Å². The zero-order valence-corrected chi connectivity index (χ0v) is 10.1. The molecule has 0 radical (unpaired) electrons. The van der Waals surface area contributed by atoms with E-state index in [-0.39, 0.29) is 17.7 Å². The van der Waals surface area contributed by atoms with Crippen LogP contribution in [0.2, 0.25) is 0 Å². The van der Waals surface area contributed by atoms with E-state index in [0.29, 0.717) is 4.99 Å². The van der Waals surface area contributed by atoms with Crippen LogP contribution in [0, 0.1) is 11.8 Å². The van der Waals surface area contributed by atoms with Gasteiger partial charge >= 0.3 is 0 Å². The topological polar surface area (TPSA) is 32.3 Å². The number of benzene rings is 1. The van der Waals surface area contributed by atoms with E-state index in [1.165, 1.54) is 0 Å². The van der Waals surface area contributed by atoms with Gasteiger partial charge in [0.05, 0.1) is 11.6 Å². The number of hydrogen-bond acceptors (Lipinski definition) is 2. The van der Waals surface area contributed by atoms with Crippen molar-refractivity contribution in [3.05, 3.63) is 30.3 Å². The van der Waals surface area contributed by atoms with Gasteiger partial charge in [-0.3, -0.25) is 10.2 Å². The van der Waals surface area contributed by atoms with Crippen molar-refractivity contribution in [2.75, 3.05) is 5.01 Å². The molecule has 1 atom stereocenters. The van der Waals surface area contributed by atoms with E-state index < -0.39 is 0 Å². The van der Waals surface area contributed by atoms with Crippen molar-refractivity contribution in [1.82, 2.24) is 5.43 Å². The molecule has 1 aromatic rings. The summed E-state index contributed by atoms with van der Waals surface area (Å²) in [6, 6.07) is 9.63. The van der Waals surface area contributed by atoms with E-state index in [0.717, 1.165) is 5.69 Å². The minimum Gasteiger partial charge on any atom is -0.272 e. The zero-order valence-electron chi connectivity index (χ0n) is 9.31. The fourth-order valence-corrected chi connectivity index (χ4v) is 2.37. The number of hydrazine groups is 1. The monoisotopic (exact) mass is 234 g/mol. The van der Waals surface area contributed by atoms with Gasteiger partial charge in [-0.15, -0.1) is 0 Å². The molecule has 1 unspecified atom stereocenters. The van der Waals surface area contributed by atoms with Crippen molar-refractivity contribution in [3.8, 4) is 0 Å². The van der Waals surface area contributed by atoms with E-state index in [1.54, 1.807) is 5.01 Å². The van der Waals surface area contributed by atoms with E-state index in [1.807, 2.05) is 44.2 Å². The summed E-state index contributed by atoms with van der Waals surface area (Å²) in [4.78, 5) is 12.4. The molecular weight excluding hydrogens is 220 g/mol. The number of rotatable bonds is 2. The predicted octanol–water partition coefficient (Wildman–Crippen LogP) is 2.14. The molecular formula is C12H14N2OS. The van der Waals surface area contributed by atoms with Crippen molar-refractivity contribution in [1.29, 1.82) is 0 Å². The van der Waals surface area contributed by atoms with Crippen LogP contribution < -0.4 is 10.4 Å². The van der Waals surface area contributed by atoms with E-state index in [9.17, 15) is 4.79 Å². The highest BCUT2D eigenvalue weighted by molar-refractivity contribution is 7.80. The van der Waals surface area contributed by atoms with Gasteiger partial charge in [-0.2, -0.15) is 0 Å². The Hall–Kier alpha value is -1.42. The predicted molar refractivity (Wildman–Crippen MR) is 68.0 cm³/mol. The molecule has 0 bridgehead atoms. The quantitative estimate of drug-likeness (QED) is 0.796.